The summed E-state index contributed by atoms with van der Waals surface area (Å²) in [4.78, 5) is 147. The lowest BCUT2D eigenvalue weighted by molar-refractivity contribution is -0.385. The highest BCUT2D eigenvalue weighted by Crippen LogP contribution is 2.31. The molecule has 1 atom stereocenters. The molecule has 144 heavy (non-hydrogen) atoms. The fraction of sp³-hybridized carbons (Fsp3) is 0.0341. The maximum absolute atomic E-state index is 13.0. The average molecular weight is 2090 g/mol. The van der Waals surface area contributed by atoms with Crippen molar-refractivity contribution in [1.82, 2.24) is 0 Å². The van der Waals surface area contributed by atoms with Gasteiger partial charge in [-0.2, -0.15) is 0 Å². The van der Waals surface area contributed by atoms with Crippen LogP contribution in [-0.2, 0) is 27.4 Å². The minimum atomic E-state index is -2.02. The predicted molar refractivity (Wildman–Crippen MR) is 521 cm³/mol. The van der Waals surface area contributed by atoms with Gasteiger partial charge in [0.15, 0.2) is 6.10 Å². The molecule has 13 aromatic rings. The fourth-order valence-corrected chi connectivity index (χ4v) is 13.0. The monoisotopic (exact) mass is 2090 g/mol. The molecule has 13 aromatic carbocycles. The highest BCUT2D eigenvalue weighted by atomic mass is 79.9. The van der Waals surface area contributed by atoms with E-state index in [0.717, 1.165) is 91.0 Å². The smallest absolute Gasteiger partial charge is 0.457 e. The number of esters is 6. The molecule has 0 spiro atoms. The normalized spacial score (nSPS) is 10.4. The van der Waals surface area contributed by atoms with Crippen molar-refractivity contribution in [2.24, 2.45) is 0 Å². The van der Waals surface area contributed by atoms with Crippen LogP contribution in [0.25, 0.3) is 0 Å². The van der Waals surface area contributed by atoms with E-state index >= 15 is 0 Å². The summed E-state index contributed by atoms with van der Waals surface area (Å²) in [6, 6.07) is 66.2. The van der Waals surface area contributed by atoms with Crippen molar-refractivity contribution in [1.29, 1.82) is 0 Å². The van der Waals surface area contributed by atoms with E-state index in [4.69, 9.17) is 124 Å². The van der Waals surface area contributed by atoms with E-state index in [2.05, 4.69) is 15.9 Å². The predicted octanol–water partition coefficient (Wildman–Crippen LogP) is 5.20. The number of hydrogen-bond acceptors (Lipinski definition) is 39. The van der Waals surface area contributed by atoms with Crippen molar-refractivity contribution in [3.8, 4) is 17.2 Å². The van der Waals surface area contributed by atoms with Crippen molar-refractivity contribution in [3.63, 3.8) is 0 Å². The third-order valence-electron chi connectivity index (χ3n) is 18.7. The Balaban J connectivity index is 0.000000212. The molecule has 0 bridgehead atoms. The van der Waals surface area contributed by atoms with Crippen molar-refractivity contribution < 1.29 is 162 Å². The molecule has 0 amide bonds. The molecule has 14 N–H and O–H groups in total. The minimum Gasteiger partial charge on any atom is -0.457 e. The van der Waals surface area contributed by atoms with Gasteiger partial charge in [-0.1, -0.05) is 162 Å². The van der Waals surface area contributed by atoms with Gasteiger partial charge in [-0.15, -0.1) is 0 Å². The van der Waals surface area contributed by atoms with Crippen LogP contribution in [0.5, 0.6) is 17.2 Å². The summed E-state index contributed by atoms with van der Waals surface area (Å²) in [6.45, 7) is -0.362. The molecular formula is C88H67B7BrCl3N6O39. The Morgan fingerprint density at radius 1 is 0.292 bits per heavy atom. The topological polar surface area (TPSA) is 717 Å². The molecule has 0 aliphatic rings. The Morgan fingerprint density at radius 3 is 0.979 bits per heavy atom. The summed E-state index contributed by atoms with van der Waals surface area (Å²) >= 11 is 20.8. The van der Waals surface area contributed by atoms with Crippen LogP contribution in [-0.4, -0.2) is 191 Å². The lowest BCUT2D eigenvalue weighted by Crippen LogP contribution is -2.31. The van der Waals surface area contributed by atoms with E-state index in [0.29, 0.717) is 31.7 Å². The number of para-hydroxylation sites is 1. The molecule has 0 aliphatic heterocycles. The van der Waals surface area contributed by atoms with Gasteiger partial charge >= 0.3 is 85.6 Å². The van der Waals surface area contributed by atoms with Gasteiger partial charge in [0.05, 0.1) is 77.4 Å². The van der Waals surface area contributed by atoms with Gasteiger partial charge in [0, 0.05) is 88.9 Å². The van der Waals surface area contributed by atoms with Crippen molar-refractivity contribution >= 4 is 215 Å². The van der Waals surface area contributed by atoms with Gasteiger partial charge in [-0.05, 0) is 156 Å². The van der Waals surface area contributed by atoms with Crippen LogP contribution in [0.15, 0.2) is 296 Å². The molecule has 0 aromatic heterocycles. The highest BCUT2D eigenvalue weighted by Gasteiger charge is 2.32. The Kier molecular flexibility index (Phi) is 42.6. The molecule has 45 nitrogen and oxygen atoms in total. The molecule has 0 heterocycles. The number of ketones is 1. The van der Waals surface area contributed by atoms with E-state index in [1.54, 1.807) is 115 Å². The Morgan fingerprint density at radius 2 is 0.611 bits per heavy atom. The molecule has 0 saturated heterocycles. The van der Waals surface area contributed by atoms with E-state index in [9.17, 15) is 104 Å². The van der Waals surface area contributed by atoms with Crippen LogP contribution in [0.3, 0.4) is 0 Å². The van der Waals surface area contributed by atoms with Crippen LogP contribution in [0, 0.1) is 60.7 Å². The van der Waals surface area contributed by atoms with Crippen molar-refractivity contribution in [2.75, 3.05) is 0 Å². The number of nitro groups is 6. The Bertz CT molecular complexity index is 6900. The molecule has 0 aliphatic carbocycles. The third kappa shape index (κ3) is 34.5. The first-order chi connectivity index (χ1) is 68.1. The van der Waals surface area contributed by atoms with Crippen LogP contribution >= 0.6 is 50.7 Å². The number of nitrogens with zero attached hydrogens (tertiary/aromatic N) is 6. The lowest BCUT2D eigenvalue weighted by Gasteiger charge is -2.18. The molecular weight excluding hydrogens is 2030 g/mol. The molecule has 56 heteroatoms. The molecule has 0 radical (unpaired) electrons. The maximum Gasteiger partial charge on any atom is 0.488 e. The van der Waals surface area contributed by atoms with E-state index in [1.807, 2.05) is 0 Å². The van der Waals surface area contributed by atoms with Crippen LogP contribution in [0.4, 0.5) is 34.1 Å². The minimum absolute atomic E-state index is 0.0109. The van der Waals surface area contributed by atoms with Crippen LogP contribution in [0.2, 0.25) is 15.1 Å². The lowest BCUT2D eigenvalue weighted by atomic mass is 9.79. The summed E-state index contributed by atoms with van der Waals surface area (Å²) < 4.78 is 31.3. The van der Waals surface area contributed by atoms with Gasteiger partial charge in [0.1, 0.15) is 30.5 Å². The number of Topliss-reactive ketones (excluding diaryl/α,β-unsaturated/α-hetero) is 1. The number of carbonyl (C=O) groups excluding carboxylic acids is 7. The molecule has 0 fully saturated rings. The zero-order valence-electron chi connectivity index (χ0n) is 72.9. The molecule has 732 valence electrons. The second kappa shape index (κ2) is 54.1. The second-order valence-electron chi connectivity index (χ2n) is 28.9. The van der Waals surface area contributed by atoms with E-state index in [1.165, 1.54) is 84.9 Å². The van der Waals surface area contributed by atoms with E-state index in [-0.39, 0.29) is 118 Å². The number of benzene rings is 13. The molecule has 0 saturated carbocycles. The molecule has 1 unspecified atom stereocenters. The summed E-state index contributed by atoms with van der Waals surface area (Å²) in [7, 11) is -13.3. The summed E-state index contributed by atoms with van der Waals surface area (Å²) in [6.07, 6.45) is -1.29. The Hall–Kier alpha value is -16.0. The van der Waals surface area contributed by atoms with Crippen molar-refractivity contribution in [2.45, 2.75) is 19.3 Å². The van der Waals surface area contributed by atoms with Gasteiger partial charge in [0.2, 0.25) is 5.78 Å². The first kappa shape index (κ1) is 113. The van der Waals surface area contributed by atoms with Gasteiger partial charge in [-0.25, -0.2) is 28.8 Å². The van der Waals surface area contributed by atoms with E-state index < -0.39 is 156 Å². The zero-order chi connectivity index (χ0) is 106. The number of nitro benzene ring substituents is 6. The number of halogens is 4. The number of rotatable bonds is 30. The number of hydrogen-bond donors (Lipinski definition) is 14. The molecule has 13 rings (SSSR count). The van der Waals surface area contributed by atoms with Gasteiger partial charge in [-0.3, -0.25) is 65.5 Å². The second-order valence-corrected chi connectivity index (χ2v) is 31.0. The fourth-order valence-electron chi connectivity index (χ4n) is 11.9. The Labute approximate surface area is 835 Å². The van der Waals surface area contributed by atoms with Crippen molar-refractivity contribution in [3.05, 3.63) is 427 Å². The summed E-state index contributed by atoms with van der Waals surface area (Å²) in [5.41, 5.74) is -2.64. The largest absolute Gasteiger partial charge is 0.488 e. The van der Waals surface area contributed by atoms with Gasteiger partial charge in [0.25, 0.3) is 34.1 Å². The SMILES string of the molecule is O=C(OC(C(=O)c1ccccc1)c1ccccc1)c1cc(B(O)O)cc([N+](=O)[O-])c1.O=C(OCc1cccc(Cl)c1)c1cc(B(O)O)cc([N+](=O)[O-])c1.O=C(OCc1cccc([N+](=O)[O-])c1)c1cc(B(O)O)cc([N+](=O)[O-])c1.O=C(Oc1cccc(B(O)O)c1)c1c(Cl)cccc1Cl.O=C(Oc1cccc(B(O)O)c1)c1cc(B(O)O)cc([N+](=O)[O-])c1.O=C(Oc1ccccc1Br)c1cc(B(O)O)cc([N+](=O)[O-])c1. The quantitative estimate of drug-likeness (QED) is 0.00523. The first-order valence-corrected chi connectivity index (χ1v) is 42.3. The standard InChI is InChI=1S/C21H16BNO7.C14H11BClNO6.C14H11BN2O8.C13H11B2NO8.C13H9BBrNO6.C13H9BCl2O4/c24-19(14-7-3-1-4-8-14)20(15-9-5-2-6-10-15)30-21(25)16-11-17(22(26)27)13-18(12-16)23(28)29;16-12-3-1-2-9(4-12)8-23-14(18)10-5-11(15(19)20)7-13(6-10)17(21)22;18-14(25-8-9-2-1-3-12(4-9)16(21)22)10-5-11(15(19)20)7-13(6-10)17(23)24;17-13(24-12-3-1-2-9(7-12)14(18)19)8-4-10(15(20)21)6-11(5-8)16(22)23;15-11-3-1-2-4-12(11)22-13(17)8-5-9(14(18)19)7-10(6-8)16(20)21;15-10-5-2-6-11(16)12(10)13(17)20-9-4-1-3-8(7-9)14(18)19/h1-13,20,26-27H;1-7,19-20H,8H2;1-7,19-20H,8H2;1-7,18-21H;1-7,18-19H;1-7,18-19H. The van der Waals surface area contributed by atoms with Crippen LogP contribution < -0.4 is 52.5 Å². The first-order valence-electron chi connectivity index (χ1n) is 40.4. The summed E-state index contributed by atoms with van der Waals surface area (Å²) in [5, 5.41) is 194. The maximum atomic E-state index is 13.0. The average Bonchev–Trinajstić information content (AvgIpc) is 0.739. The number of non-ortho nitro benzene ring substituents is 6. The summed E-state index contributed by atoms with van der Waals surface area (Å²) in [5.74, 6) is -5.41. The third-order valence-corrected chi connectivity index (χ3v) is 20.3. The van der Waals surface area contributed by atoms with Crippen LogP contribution in [0.1, 0.15) is 95.3 Å². The number of carbonyl (C=O) groups is 7. The highest BCUT2D eigenvalue weighted by molar-refractivity contribution is 9.10. The zero-order valence-corrected chi connectivity index (χ0v) is 76.8. The number of ether oxygens (including phenoxy) is 6. The van der Waals surface area contributed by atoms with Gasteiger partial charge < -0.3 is 98.8 Å².